The summed E-state index contributed by atoms with van der Waals surface area (Å²) in [5.41, 5.74) is 5.16. The second-order valence-electron chi connectivity index (χ2n) is 4.29. The first-order valence-corrected chi connectivity index (χ1v) is 5.09. The van der Waals surface area contributed by atoms with E-state index < -0.39 is 17.6 Å². The van der Waals surface area contributed by atoms with E-state index in [0.29, 0.717) is 0 Å². The van der Waals surface area contributed by atoms with E-state index in [9.17, 15) is 9.59 Å². The average Bonchev–Trinajstić information content (AvgIpc) is 2.12. The number of ether oxygens (including phenoxy) is 1. The van der Waals surface area contributed by atoms with Crippen molar-refractivity contribution >= 4 is 12.0 Å². The lowest BCUT2D eigenvalue weighted by Gasteiger charge is -2.19. The molecule has 0 aromatic carbocycles. The Morgan fingerprint density at radius 1 is 1.41 bits per heavy atom. The van der Waals surface area contributed by atoms with E-state index in [2.05, 4.69) is 17.2 Å². The summed E-state index contributed by atoms with van der Waals surface area (Å²) in [4.78, 5) is 22.3. The van der Waals surface area contributed by atoms with E-state index in [-0.39, 0.29) is 12.2 Å². The molecular formula is C11H19N3O3. The van der Waals surface area contributed by atoms with Crippen molar-refractivity contribution in [2.24, 2.45) is 5.73 Å². The molecule has 0 radical (unpaired) electrons. The number of amides is 2. The van der Waals surface area contributed by atoms with Gasteiger partial charge in [-0.2, -0.15) is 0 Å². The van der Waals surface area contributed by atoms with Crippen molar-refractivity contribution in [1.82, 2.24) is 10.6 Å². The summed E-state index contributed by atoms with van der Waals surface area (Å²) in [5, 5.41) is 4.75. The molecule has 0 saturated carbocycles. The van der Waals surface area contributed by atoms with Crippen LogP contribution < -0.4 is 16.4 Å². The van der Waals surface area contributed by atoms with E-state index in [1.165, 1.54) is 12.3 Å². The smallest absolute Gasteiger partial charge is 0.407 e. The minimum atomic E-state index is -0.585. The zero-order valence-electron chi connectivity index (χ0n) is 10.4. The molecule has 0 aromatic heterocycles. The highest BCUT2D eigenvalue weighted by Gasteiger charge is 2.15. The Morgan fingerprint density at radius 3 is 2.47 bits per heavy atom. The molecule has 0 aliphatic carbocycles. The Hall–Kier alpha value is -1.98. The minimum Gasteiger partial charge on any atom is -0.444 e. The van der Waals surface area contributed by atoms with E-state index in [4.69, 9.17) is 10.5 Å². The van der Waals surface area contributed by atoms with Crippen LogP contribution in [0.5, 0.6) is 0 Å². The first kappa shape index (κ1) is 15.0. The molecule has 6 heteroatoms. The average molecular weight is 241 g/mol. The van der Waals surface area contributed by atoms with E-state index in [1.807, 2.05) is 0 Å². The molecule has 0 saturated heterocycles. The highest BCUT2D eigenvalue weighted by atomic mass is 16.6. The van der Waals surface area contributed by atoms with Crippen LogP contribution in [0, 0.1) is 0 Å². The van der Waals surface area contributed by atoms with Gasteiger partial charge in [-0.1, -0.05) is 6.58 Å². The van der Waals surface area contributed by atoms with Crippen LogP contribution >= 0.6 is 0 Å². The third-order valence-corrected chi connectivity index (χ3v) is 1.40. The summed E-state index contributed by atoms with van der Waals surface area (Å²) in [6.07, 6.45) is 1.82. The molecule has 4 N–H and O–H groups in total. The number of rotatable bonds is 4. The fourth-order valence-corrected chi connectivity index (χ4v) is 0.850. The van der Waals surface area contributed by atoms with Crippen molar-refractivity contribution in [2.45, 2.75) is 26.4 Å². The number of nitrogens with one attached hydrogen (secondary N) is 2. The quantitative estimate of drug-likeness (QED) is 0.629. The maximum atomic E-state index is 11.2. The Kier molecular flexibility index (Phi) is 5.80. The van der Waals surface area contributed by atoms with Gasteiger partial charge in [0.15, 0.2) is 0 Å². The third-order valence-electron chi connectivity index (χ3n) is 1.40. The van der Waals surface area contributed by atoms with Gasteiger partial charge in [0.2, 0.25) is 5.91 Å². The van der Waals surface area contributed by atoms with Gasteiger partial charge in [-0.25, -0.2) is 4.79 Å². The molecule has 6 nitrogen and oxygen atoms in total. The molecule has 0 rings (SSSR count). The SMILES string of the molecule is C=CNC(=O)/C=C(\N)CNC(=O)OC(C)(C)C. The van der Waals surface area contributed by atoms with E-state index in [1.54, 1.807) is 20.8 Å². The fourth-order valence-electron chi connectivity index (χ4n) is 0.850. The first-order valence-electron chi connectivity index (χ1n) is 5.09. The summed E-state index contributed by atoms with van der Waals surface area (Å²) in [7, 11) is 0. The second-order valence-corrected chi connectivity index (χ2v) is 4.29. The molecular weight excluding hydrogens is 222 g/mol. The van der Waals surface area contributed by atoms with Gasteiger partial charge in [0, 0.05) is 11.8 Å². The Labute approximate surface area is 101 Å². The molecule has 0 aliphatic heterocycles. The Balaban J connectivity index is 4.07. The van der Waals surface area contributed by atoms with Crippen LogP contribution in [0.4, 0.5) is 4.79 Å². The zero-order valence-corrected chi connectivity index (χ0v) is 10.4. The van der Waals surface area contributed by atoms with E-state index >= 15 is 0 Å². The van der Waals surface area contributed by atoms with E-state index in [0.717, 1.165) is 0 Å². The van der Waals surface area contributed by atoms with Crippen molar-refractivity contribution < 1.29 is 14.3 Å². The van der Waals surface area contributed by atoms with Crippen LogP contribution in [0.25, 0.3) is 0 Å². The molecule has 2 amide bonds. The lowest BCUT2D eigenvalue weighted by Crippen LogP contribution is -2.34. The van der Waals surface area contributed by atoms with Crippen LogP contribution in [-0.2, 0) is 9.53 Å². The van der Waals surface area contributed by atoms with Crippen LogP contribution in [0.2, 0.25) is 0 Å². The van der Waals surface area contributed by atoms with Gasteiger partial charge >= 0.3 is 6.09 Å². The van der Waals surface area contributed by atoms with Crippen molar-refractivity contribution in [3.63, 3.8) is 0 Å². The van der Waals surface area contributed by atoms with Crippen molar-refractivity contribution in [3.8, 4) is 0 Å². The van der Waals surface area contributed by atoms with Crippen LogP contribution in [0.3, 0.4) is 0 Å². The third kappa shape index (κ3) is 8.98. The van der Waals surface area contributed by atoms with Crippen LogP contribution in [0.1, 0.15) is 20.8 Å². The van der Waals surface area contributed by atoms with Crippen LogP contribution in [-0.4, -0.2) is 24.1 Å². The molecule has 0 spiro atoms. The van der Waals surface area contributed by atoms with Crippen molar-refractivity contribution in [1.29, 1.82) is 0 Å². The summed E-state index contributed by atoms with van der Waals surface area (Å²) in [6, 6.07) is 0. The number of nitrogens with two attached hydrogens (primary N) is 1. The summed E-state index contributed by atoms with van der Waals surface area (Å²) in [6.45, 7) is 8.63. The standard InChI is InChI=1S/C11H19N3O3/c1-5-13-9(15)6-8(12)7-14-10(16)17-11(2,3)4/h5-6H,1,7,12H2,2-4H3,(H,13,15)(H,14,16)/b8-6-. The second kappa shape index (κ2) is 6.57. The number of carbonyl (C=O) groups excluding carboxylic acids is 2. The molecule has 0 aromatic rings. The monoisotopic (exact) mass is 241 g/mol. The van der Waals surface area contributed by atoms with Crippen molar-refractivity contribution in [2.75, 3.05) is 6.54 Å². The highest BCUT2D eigenvalue weighted by molar-refractivity contribution is 5.88. The van der Waals surface area contributed by atoms with Gasteiger partial charge in [0.05, 0.1) is 6.54 Å². The number of hydrogen-bond acceptors (Lipinski definition) is 4. The fraction of sp³-hybridized carbons (Fsp3) is 0.455. The minimum absolute atomic E-state index is 0.0411. The maximum absolute atomic E-state index is 11.2. The lowest BCUT2D eigenvalue weighted by atomic mass is 10.2. The van der Waals surface area contributed by atoms with Crippen LogP contribution in [0.15, 0.2) is 24.6 Å². The molecule has 96 valence electrons. The highest BCUT2D eigenvalue weighted by Crippen LogP contribution is 2.06. The number of carbonyl (C=O) groups is 2. The molecule has 0 unspecified atom stereocenters. The first-order chi connectivity index (χ1) is 7.74. The maximum Gasteiger partial charge on any atom is 0.407 e. The van der Waals surface area contributed by atoms with Gasteiger partial charge in [-0.05, 0) is 27.0 Å². The van der Waals surface area contributed by atoms with Crippen molar-refractivity contribution in [3.05, 3.63) is 24.6 Å². The molecule has 0 atom stereocenters. The topological polar surface area (TPSA) is 93.5 Å². The number of alkyl carbamates (subject to hydrolysis) is 1. The molecule has 0 aliphatic rings. The summed E-state index contributed by atoms with van der Waals surface area (Å²) < 4.78 is 4.99. The summed E-state index contributed by atoms with van der Waals surface area (Å²) >= 11 is 0. The lowest BCUT2D eigenvalue weighted by molar-refractivity contribution is -0.115. The van der Waals surface area contributed by atoms with Gasteiger partial charge in [0.25, 0.3) is 0 Å². The largest absolute Gasteiger partial charge is 0.444 e. The summed E-state index contributed by atoms with van der Waals surface area (Å²) in [5.74, 6) is -0.400. The molecule has 0 bridgehead atoms. The van der Waals surface area contributed by atoms with Gasteiger partial charge in [-0.3, -0.25) is 4.79 Å². The van der Waals surface area contributed by atoms with Gasteiger partial charge < -0.3 is 21.1 Å². The number of hydrogen-bond donors (Lipinski definition) is 3. The zero-order chi connectivity index (χ0) is 13.5. The normalized spacial score (nSPS) is 11.6. The Morgan fingerprint density at radius 2 is 2.00 bits per heavy atom. The molecule has 0 fully saturated rings. The van der Waals surface area contributed by atoms with Gasteiger partial charge in [0.1, 0.15) is 5.60 Å². The predicted octanol–water partition coefficient (Wildman–Crippen LogP) is 0.613. The Bertz CT molecular complexity index is 329. The van der Waals surface area contributed by atoms with Gasteiger partial charge in [-0.15, -0.1) is 0 Å². The molecule has 17 heavy (non-hydrogen) atoms. The predicted molar refractivity (Wildman–Crippen MR) is 64.8 cm³/mol. The molecule has 0 heterocycles.